The summed E-state index contributed by atoms with van der Waals surface area (Å²) in [6.07, 6.45) is 1.90. The summed E-state index contributed by atoms with van der Waals surface area (Å²) in [7, 11) is 0. The smallest absolute Gasteiger partial charge is 0.341 e. The number of hydrogen-bond donors (Lipinski definition) is 2. The van der Waals surface area contributed by atoms with Crippen molar-refractivity contribution in [3.63, 3.8) is 0 Å². The third-order valence-electron chi connectivity index (χ3n) is 3.93. The molecule has 1 aromatic carbocycles. The van der Waals surface area contributed by atoms with Crippen molar-refractivity contribution in [1.82, 2.24) is 9.55 Å². The number of nitrogens with zero attached hydrogens (tertiary/aromatic N) is 2. The van der Waals surface area contributed by atoms with E-state index >= 15 is 0 Å². The van der Waals surface area contributed by atoms with Crippen molar-refractivity contribution in [3.8, 4) is 11.3 Å². The molecule has 0 saturated carbocycles. The lowest BCUT2D eigenvalue weighted by molar-refractivity contribution is 0.0695. The standard InChI is InChI=1S/C17H16FN3O3S/c1-2-21-7-11(17(23)24)16(22)10-5-12(18)9(6-14(10)21)13-8-25-15(20-13)3-4-19/h5-8H,2-4,19H2,1H3,(H,23,24). The van der Waals surface area contributed by atoms with Gasteiger partial charge in [0.1, 0.15) is 11.4 Å². The molecular formula is C17H16FN3O3S. The second kappa shape index (κ2) is 6.73. The second-order valence-corrected chi connectivity index (χ2v) is 6.42. The molecule has 3 N–H and O–H groups in total. The van der Waals surface area contributed by atoms with Crippen LogP contribution in [0.15, 0.2) is 28.5 Å². The van der Waals surface area contributed by atoms with Crippen molar-refractivity contribution >= 4 is 28.2 Å². The van der Waals surface area contributed by atoms with Crippen LogP contribution in [0.3, 0.4) is 0 Å². The van der Waals surface area contributed by atoms with Gasteiger partial charge in [-0.2, -0.15) is 0 Å². The number of carbonyl (C=O) groups is 1. The SMILES string of the molecule is CCn1cc(C(=O)O)c(=O)c2cc(F)c(-c3csc(CCN)n3)cc21. The van der Waals surface area contributed by atoms with E-state index in [0.29, 0.717) is 30.7 Å². The van der Waals surface area contributed by atoms with Gasteiger partial charge >= 0.3 is 5.97 Å². The number of carboxylic acids is 1. The fourth-order valence-corrected chi connectivity index (χ4v) is 3.51. The normalized spacial score (nSPS) is 11.2. The average molecular weight is 361 g/mol. The van der Waals surface area contributed by atoms with Gasteiger partial charge in [0.25, 0.3) is 0 Å². The molecule has 0 radical (unpaired) electrons. The Morgan fingerprint density at radius 2 is 2.20 bits per heavy atom. The molecule has 6 nitrogen and oxygen atoms in total. The van der Waals surface area contributed by atoms with Gasteiger partial charge < -0.3 is 15.4 Å². The molecule has 0 saturated heterocycles. The topological polar surface area (TPSA) is 98.2 Å². The minimum Gasteiger partial charge on any atom is -0.477 e. The molecule has 2 aromatic heterocycles. The van der Waals surface area contributed by atoms with Crippen LogP contribution in [0.4, 0.5) is 4.39 Å². The molecule has 0 aliphatic carbocycles. The fraction of sp³-hybridized carbons (Fsp3) is 0.235. The summed E-state index contributed by atoms with van der Waals surface area (Å²) in [5.74, 6) is -1.94. The van der Waals surface area contributed by atoms with Gasteiger partial charge in [-0.25, -0.2) is 14.2 Å². The van der Waals surface area contributed by atoms with Gasteiger partial charge in [0, 0.05) is 35.5 Å². The first kappa shape index (κ1) is 17.2. The van der Waals surface area contributed by atoms with E-state index in [1.54, 1.807) is 16.0 Å². The summed E-state index contributed by atoms with van der Waals surface area (Å²) < 4.78 is 16.2. The predicted molar refractivity (Wildman–Crippen MR) is 94.7 cm³/mol. The molecule has 0 aliphatic heterocycles. The van der Waals surface area contributed by atoms with Crippen LogP contribution < -0.4 is 11.2 Å². The Bertz CT molecular complexity index is 1030. The number of aromatic nitrogens is 2. The Balaban J connectivity index is 2.26. The van der Waals surface area contributed by atoms with E-state index in [9.17, 15) is 19.1 Å². The van der Waals surface area contributed by atoms with Gasteiger partial charge in [0.15, 0.2) is 0 Å². The van der Waals surface area contributed by atoms with E-state index < -0.39 is 17.2 Å². The highest BCUT2D eigenvalue weighted by Crippen LogP contribution is 2.28. The second-order valence-electron chi connectivity index (χ2n) is 5.48. The molecule has 8 heteroatoms. The Labute approximate surface area is 146 Å². The number of aryl methyl sites for hydroxylation is 1. The number of hydrogen-bond acceptors (Lipinski definition) is 5. The summed E-state index contributed by atoms with van der Waals surface area (Å²) in [5, 5.41) is 11.8. The van der Waals surface area contributed by atoms with E-state index in [4.69, 9.17) is 5.73 Å². The van der Waals surface area contributed by atoms with Gasteiger partial charge in [-0.1, -0.05) is 0 Å². The zero-order chi connectivity index (χ0) is 18.1. The summed E-state index contributed by atoms with van der Waals surface area (Å²) >= 11 is 1.40. The average Bonchev–Trinajstić information content (AvgIpc) is 3.03. The van der Waals surface area contributed by atoms with Crippen LogP contribution in [0.25, 0.3) is 22.2 Å². The summed E-state index contributed by atoms with van der Waals surface area (Å²) in [4.78, 5) is 28.0. The van der Waals surface area contributed by atoms with Gasteiger partial charge in [0.2, 0.25) is 5.43 Å². The molecule has 0 spiro atoms. The highest BCUT2D eigenvalue weighted by atomic mass is 32.1. The maximum atomic E-state index is 14.6. The largest absolute Gasteiger partial charge is 0.477 e. The number of benzene rings is 1. The van der Waals surface area contributed by atoms with E-state index in [1.807, 2.05) is 6.92 Å². The van der Waals surface area contributed by atoms with Crippen LogP contribution in [0, 0.1) is 5.82 Å². The fourth-order valence-electron chi connectivity index (χ4n) is 2.69. The lowest BCUT2D eigenvalue weighted by atomic mass is 10.1. The number of thiazole rings is 1. The zero-order valence-electron chi connectivity index (χ0n) is 13.5. The minimum atomic E-state index is -1.33. The summed E-state index contributed by atoms with van der Waals surface area (Å²) in [5.41, 5.74) is 5.67. The molecule has 2 heterocycles. The summed E-state index contributed by atoms with van der Waals surface area (Å²) in [6, 6.07) is 2.63. The maximum absolute atomic E-state index is 14.6. The van der Waals surface area contributed by atoms with Crippen molar-refractivity contribution in [3.05, 3.63) is 50.3 Å². The van der Waals surface area contributed by atoms with E-state index in [1.165, 1.54) is 17.5 Å². The number of nitrogens with two attached hydrogens (primary N) is 1. The van der Waals surface area contributed by atoms with Gasteiger partial charge in [-0.05, 0) is 25.6 Å². The number of pyridine rings is 1. The Morgan fingerprint density at radius 1 is 1.44 bits per heavy atom. The van der Waals surface area contributed by atoms with E-state index in [-0.39, 0.29) is 16.5 Å². The van der Waals surface area contributed by atoms with Gasteiger partial charge in [0.05, 0.1) is 16.2 Å². The molecule has 0 unspecified atom stereocenters. The lowest BCUT2D eigenvalue weighted by Crippen LogP contribution is -2.19. The quantitative estimate of drug-likeness (QED) is 0.727. The van der Waals surface area contributed by atoms with Gasteiger partial charge in [-0.3, -0.25) is 4.79 Å². The molecular weight excluding hydrogens is 345 g/mol. The van der Waals surface area contributed by atoms with E-state index in [2.05, 4.69) is 4.98 Å². The summed E-state index contributed by atoms with van der Waals surface area (Å²) in [6.45, 7) is 2.72. The molecule has 3 aromatic rings. The van der Waals surface area contributed by atoms with Crippen LogP contribution in [0.1, 0.15) is 22.3 Å². The first-order valence-electron chi connectivity index (χ1n) is 7.71. The molecule has 3 rings (SSSR count). The van der Waals surface area contributed by atoms with Gasteiger partial charge in [-0.15, -0.1) is 11.3 Å². The van der Waals surface area contributed by atoms with Crippen molar-refractivity contribution in [1.29, 1.82) is 0 Å². The molecule has 0 bridgehead atoms. The Hall–Kier alpha value is -2.58. The molecule has 0 amide bonds. The van der Waals surface area contributed by atoms with Crippen LogP contribution in [-0.2, 0) is 13.0 Å². The maximum Gasteiger partial charge on any atom is 0.341 e. The van der Waals surface area contributed by atoms with Crippen LogP contribution in [0.2, 0.25) is 0 Å². The molecule has 25 heavy (non-hydrogen) atoms. The van der Waals surface area contributed by atoms with Crippen molar-refractivity contribution < 1.29 is 14.3 Å². The number of carboxylic acid groups (broad SMARTS) is 1. The Kier molecular flexibility index (Phi) is 4.65. The number of halogens is 1. The molecule has 130 valence electrons. The third-order valence-corrected chi connectivity index (χ3v) is 4.83. The molecule has 0 aliphatic rings. The lowest BCUT2D eigenvalue weighted by Gasteiger charge is -2.12. The minimum absolute atomic E-state index is 0.0420. The highest BCUT2D eigenvalue weighted by Gasteiger charge is 2.18. The van der Waals surface area contributed by atoms with Crippen LogP contribution in [-0.4, -0.2) is 27.2 Å². The first-order valence-corrected chi connectivity index (χ1v) is 8.59. The molecule has 0 atom stereocenters. The number of rotatable bonds is 5. The predicted octanol–water partition coefficient (Wildman–Crippen LogP) is 2.48. The van der Waals surface area contributed by atoms with Crippen LogP contribution in [0.5, 0.6) is 0 Å². The third kappa shape index (κ3) is 3.06. The monoisotopic (exact) mass is 361 g/mol. The number of fused-ring (bicyclic) bond motifs is 1. The van der Waals surface area contributed by atoms with Crippen molar-refractivity contribution in [2.24, 2.45) is 5.73 Å². The number of aromatic carboxylic acids is 1. The zero-order valence-corrected chi connectivity index (χ0v) is 14.3. The van der Waals surface area contributed by atoms with Crippen LogP contribution >= 0.6 is 11.3 Å². The van der Waals surface area contributed by atoms with E-state index in [0.717, 1.165) is 11.1 Å². The highest BCUT2D eigenvalue weighted by molar-refractivity contribution is 7.09. The first-order chi connectivity index (χ1) is 12.0. The van der Waals surface area contributed by atoms with Crippen molar-refractivity contribution in [2.45, 2.75) is 19.9 Å². The molecule has 0 fully saturated rings. The van der Waals surface area contributed by atoms with Crippen molar-refractivity contribution in [2.75, 3.05) is 6.54 Å². The Morgan fingerprint density at radius 3 is 2.84 bits per heavy atom.